The number of nitrogens with zero attached hydrogens (tertiary/aromatic N) is 3. The Hall–Kier alpha value is -1.92. The van der Waals surface area contributed by atoms with E-state index in [1.54, 1.807) is 13.0 Å². The van der Waals surface area contributed by atoms with E-state index < -0.39 is 0 Å². The lowest BCUT2D eigenvalue weighted by molar-refractivity contribution is -0.139. The van der Waals surface area contributed by atoms with Crippen LogP contribution in [-0.4, -0.2) is 42.0 Å². The molecule has 3 rings (SSSR count). The molecule has 7 heteroatoms. The number of hydrogen-bond donors (Lipinski definition) is 1. The fourth-order valence-corrected chi connectivity index (χ4v) is 3.55. The molecule has 2 aromatic rings. The molecule has 0 bridgehead atoms. The third kappa shape index (κ3) is 4.23. The van der Waals surface area contributed by atoms with Crippen LogP contribution in [0.1, 0.15) is 44.9 Å². The lowest BCUT2D eigenvalue weighted by Gasteiger charge is -2.39. The van der Waals surface area contributed by atoms with Gasteiger partial charge < -0.3 is 15.5 Å². The van der Waals surface area contributed by atoms with Gasteiger partial charge in [-0.2, -0.15) is 0 Å². The number of piperazine rings is 1. The zero-order valence-corrected chi connectivity index (χ0v) is 18.1. The predicted molar refractivity (Wildman–Crippen MR) is 115 cm³/mol. The smallest absolute Gasteiger partial charge is 0.228 e. The van der Waals surface area contributed by atoms with Gasteiger partial charge in [0.2, 0.25) is 5.91 Å². The van der Waals surface area contributed by atoms with Crippen LogP contribution < -0.4 is 10.6 Å². The third-order valence-corrected chi connectivity index (χ3v) is 5.18. The predicted octanol–water partition coefficient (Wildman–Crippen LogP) is 3.82. The molecule has 28 heavy (non-hydrogen) atoms. The molecule has 1 amide bonds. The SMILES string of the molecule is Cc1c(F)ccc2cc([C@H](C)N)c(N3CCN(C(=O)C(C)(C)C)CC3)nc12.Cl. The van der Waals surface area contributed by atoms with Gasteiger partial charge in [-0.05, 0) is 32.0 Å². The first kappa shape index (κ1) is 22.4. The number of rotatable bonds is 2. The summed E-state index contributed by atoms with van der Waals surface area (Å²) in [6.07, 6.45) is 0. The highest BCUT2D eigenvalue weighted by molar-refractivity contribution is 5.86. The molecule has 5 nitrogen and oxygen atoms in total. The van der Waals surface area contributed by atoms with Crippen molar-refractivity contribution < 1.29 is 9.18 Å². The summed E-state index contributed by atoms with van der Waals surface area (Å²) in [4.78, 5) is 21.4. The Morgan fingerprint density at radius 3 is 2.36 bits per heavy atom. The van der Waals surface area contributed by atoms with Crippen molar-refractivity contribution in [2.75, 3.05) is 31.1 Å². The second kappa shape index (κ2) is 8.21. The van der Waals surface area contributed by atoms with Crippen LogP contribution in [-0.2, 0) is 4.79 Å². The van der Waals surface area contributed by atoms with Crippen LogP contribution in [0.3, 0.4) is 0 Å². The second-order valence-electron chi connectivity index (χ2n) is 8.46. The van der Waals surface area contributed by atoms with Crippen LogP contribution in [0.5, 0.6) is 0 Å². The number of aromatic nitrogens is 1. The molecular weight excluding hydrogens is 379 g/mol. The minimum atomic E-state index is -0.380. The number of halogens is 2. The number of nitrogens with two attached hydrogens (primary N) is 1. The topological polar surface area (TPSA) is 62.5 Å². The summed E-state index contributed by atoms with van der Waals surface area (Å²) in [6, 6.07) is 5.05. The molecule has 1 aromatic heterocycles. The number of carbonyl (C=O) groups is 1. The molecule has 1 aliphatic heterocycles. The van der Waals surface area contributed by atoms with E-state index in [-0.39, 0.29) is 35.6 Å². The third-order valence-electron chi connectivity index (χ3n) is 5.18. The van der Waals surface area contributed by atoms with Crippen LogP contribution in [0, 0.1) is 18.2 Å². The van der Waals surface area contributed by atoms with Gasteiger partial charge in [-0.25, -0.2) is 9.37 Å². The van der Waals surface area contributed by atoms with E-state index in [2.05, 4.69) is 4.90 Å². The van der Waals surface area contributed by atoms with E-state index in [0.717, 1.165) is 16.8 Å². The van der Waals surface area contributed by atoms with Gasteiger partial charge in [0.25, 0.3) is 0 Å². The molecule has 0 aliphatic carbocycles. The highest BCUT2D eigenvalue weighted by Gasteiger charge is 2.30. The highest BCUT2D eigenvalue weighted by atomic mass is 35.5. The van der Waals surface area contributed by atoms with E-state index in [1.165, 1.54) is 6.07 Å². The standard InChI is InChI=1S/C21H29FN4O.ClH/c1-13-17(22)7-6-15-12-16(14(2)23)19(24-18(13)15)25-8-10-26(11-9-25)20(27)21(3,4)5;/h6-7,12,14H,8-11,23H2,1-5H3;1H/t14-;/m0./s1. The maximum absolute atomic E-state index is 14.0. The Morgan fingerprint density at radius 1 is 1.21 bits per heavy atom. The lowest BCUT2D eigenvalue weighted by Crippen LogP contribution is -2.52. The van der Waals surface area contributed by atoms with Crippen molar-refractivity contribution >= 4 is 35.0 Å². The van der Waals surface area contributed by atoms with Gasteiger partial charge >= 0.3 is 0 Å². The molecule has 1 aromatic carbocycles. The average molecular weight is 409 g/mol. The van der Waals surface area contributed by atoms with E-state index in [1.807, 2.05) is 38.7 Å². The summed E-state index contributed by atoms with van der Waals surface area (Å²) in [7, 11) is 0. The quantitative estimate of drug-likeness (QED) is 0.820. The monoisotopic (exact) mass is 408 g/mol. The van der Waals surface area contributed by atoms with Crippen molar-refractivity contribution in [2.45, 2.75) is 40.7 Å². The number of benzene rings is 1. The fourth-order valence-electron chi connectivity index (χ4n) is 3.55. The van der Waals surface area contributed by atoms with Gasteiger partial charge in [0.1, 0.15) is 11.6 Å². The molecule has 0 unspecified atom stereocenters. The normalized spacial score (nSPS) is 16.1. The number of pyridine rings is 1. The average Bonchev–Trinajstić information content (AvgIpc) is 2.62. The molecule has 0 spiro atoms. The summed E-state index contributed by atoms with van der Waals surface area (Å²) in [5.41, 5.74) is 7.99. The molecule has 0 saturated carbocycles. The van der Waals surface area contributed by atoms with E-state index in [0.29, 0.717) is 37.3 Å². The Bertz CT molecular complexity index is 871. The van der Waals surface area contributed by atoms with Crippen molar-refractivity contribution in [2.24, 2.45) is 11.1 Å². The van der Waals surface area contributed by atoms with Crippen molar-refractivity contribution in [3.05, 3.63) is 35.1 Å². The van der Waals surface area contributed by atoms with Crippen LogP contribution in [0.15, 0.2) is 18.2 Å². The van der Waals surface area contributed by atoms with E-state index in [9.17, 15) is 9.18 Å². The van der Waals surface area contributed by atoms with Crippen LogP contribution in [0.4, 0.5) is 10.2 Å². The van der Waals surface area contributed by atoms with Crippen LogP contribution in [0.25, 0.3) is 10.9 Å². The number of hydrogen-bond acceptors (Lipinski definition) is 4. The lowest BCUT2D eigenvalue weighted by atomic mass is 9.94. The van der Waals surface area contributed by atoms with Crippen molar-refractivity contribution in [1.29, 1.82) is 0 Å². The fraction of sp³-hybridized carbons (Fsp3) is 0.524. The molecule has 0 radical (unpaired) electrons. The molecule has 1 aliphatic rings. The molecular formula is C21H30ClFN4O. The van der Waals surface area contributed by atoms with Gasteiger partial charge in [-0.1, -0.05) is 20.8 Å². The Morgan fingerprint density at radius 2 is 1.82 bits per heavy atom. The van der Waals surface area contributed by atoms with Gasteiger partial charge in [-0.3, -0.25) is 4.79 Å². The summed E-state index contributed by atoms with van der Waals surface area (Å²) in [6.45, 7) is 12.2. The van der Waals surface area contributed by atoms with Gasteiger partial charge in [0.05, 0.1) is 5.52 Å². The molecule has 1 atom stereocenters. The zero-order valence-electron chi connectivity index (χ0n) is 17.3. The van der Waals surface area contributed by atoms with Crippen molar-refractivity contribution in [3.63, 3.8) is 0 Å². The Kier molecular flexibility index (Phi) is 6.56. The van der Waals surface area contributed by atoms with E-state index in [4.69, 9.17) is 10.7 Å². The van der Waals surface area contributed by atoms with Crippen molar-refractivity contribution in [3.8, 4) is 0 Å². The maximum Gasteiger partial charge on any atom is 0.228 e. The minimum Gasteiger partial charge on any atom is -0.353 e. The Labute approximate surface area is 172 Å². The molecule has 1 saturated heterocycles. The maximum atomic E-state index is 14.0. The first-order valence-corrected chi connectivity index (χ1v) is 9.49. The number of amides is 1. The molecule has 154 valence electrons. The first-order valence-electron chi connectivity index (χ1n) is 9.49. The van der Waals surface area contributed by atoms with Crippen LogP contribution >= 0.6 is 12.4 Å². The summed E-state index contributed by atoms with van der Waals surface area (Å²) < 4.78 is 14.0. The largest absolute Gasteiger partial charge is 0.353 e. The highest BCUT2D eigenvalue weighted by Crippen LogP contribution is 2.31. The number of carbonyl (C=O) groups excluding carboxylic acids is 1. The van der Waals surface area contributed by atoms with Gasteiger partial charge in [-0.15, -0.1) is 12.4 Å². The first-order chi connectivity index (χ1) is 12.6. The summed E-state index contributed by atoms with van der Waals surface area (Å²) in [5.74, 6) is 0.711. The molecule has 2 heterocycles. The molecule has 1 fully saturated rings. The number of anilines is 1. The Balaban J connectivity index is 0.00000280. The minimum absolute atomic E-state index is 0. The second-order valence-corrected chi connectivity index (χ2v) is 8.46. The number of fused-ring (bicyclic) bond motifs is 1. The zero-order chi connectivity index (χ0) is 19.9. The summed E-state index contributed by atoms with van der Waals surface area (Å²) >= 11 is 0. The van der Waals surface area contributed by atoms with E-state index >= 15 is 0 Å². The van der Waals surface area contributed by atoms with Crippen LogP contribution in [0.2, 0.25) is 0 Å². The van der Waals surface area contributed by atoms with Crippen molar-refractivity contribution in [1.82, 2.24) is 9.88 Å². The molecule has 2 N–H and O–H groups in total. The van der Waals surface area contributed by atoms with Gasteiger partial charge in [0.15, 0.2) is 0 Å². The van der Waals surface area contributed by atoms with Gasteiger partial charge in [0, 0.05) is 54.1 Å². The summed E-state index contributed by atoms with van der Waals surface area (Å²) in [5, 5.41) is 0.895. The number of aryl methyl sites for hydroxylation is 1.